The summed E-state index contributed by atoms with van der Waals surface area (Å²) in [6.45, 7) is 5.72. The van der Waals surface area contributed by atoms with E-state index in [-0.39, 0.29) is 23.7 Å². The molecule has 2 saturated heterocycles. The number of likely N-dealkylation sites (tertiary alicyclic amines) is 1. The molecule has 0 amide bonds. The molecule has 1 atom stereocenters. The Bertz CT molecular complexity index is 1400. The van der Waals surface area contributed by atoms with Crippen LogP contribution in [0.1, 0.15) is 37.7 Å². The lowest BCUT2D eigenvalue weighted by Gasteiger charge is -2.41. The smallest absolute Gasteiger partial charge is 0.490 e. The molecule has 4 heterocycles. The van der Waals surface area contributed by atoms with Gasteiger partial charge in [-0.3, -0.25) is 9.47 Å². The molecule has 44 heavy (non-hydrogen) atoms. The second-order valence-corrected chi connectivity index (χ2v) is 11.8. The molecule has 0 saturated carbocycles. The fourth-order valence-electron chi connectivity index (χ4n) is 6.54. The minimum absolute atomic E-state index is 0.187. The zero-order valence-corrected chi connectivity index (χ0v) is 24.3. The summed E-state index contributed by atoms with van der Waals surface area (Å²) in [6.07, 6.45) is 1.81. The third kappa shape index (κ3) is 7.55. The van der Waals surface area contributed by atoms with Crippen molar-refractivity contribution < 1.29 is 32.3 Å². The topological polar surface area (TPSA) is 95.1 Å². The van der Waals surface area contributed by atoms with Crippen molar-refractivity contribution in [3.05, 3.63) is 70.4 Å². The van der Waals surface area contributed by atoms with Crippen molar-refractivity contribution in [2.45, 2.75) is 57.7 Å². The molecule has 6 rings (SSSR count). The SMILES string of the molecule is O=[N+]([O-])c1cn2c(n1)O[C@@H](COc1ccc(N3CCC(C4CCN(Cc5ccc(OC(F)(F)F)cc5)CC4)CC3)cc1)CC2. The van der Waals surface area contributed by atoms with E-state index >= 15 is 0 Å². The number of hydrogen-bond acceptors (Lipinski definition) is 8. The summed E-state index contributed by atoms with van der Waals surface area (Å²) in [5.74, 6) is 1.77. The second-order valence-electron chi connectivity index (χ2n) is 11.8. The molecule has 0 aliphatic carbocycles. The molecule has 3 aliphatic heterocycles. The summed E-state index contributed by atoms with van der Waals surface area (Å²) < 4.78 is 54.6. The Morgan fingerprint density at radius 2 is 1.52 bits per heavy atom. The number of aryl methyl sites for hydroxylation is 1. The highest BCUT2D eigenvalue weighted by Crippen LogP contribution is 2.35. The first-order valence-electron chi connectivity index (χ1n) is 15.1. The number of imidazole rings is 1. The number of benzene rings is 2. The van der Waals surface area contributed by atoms with E-state index in [9.17, 15) is 23.3 Å². The van der Waals surface area contributed by atoms with Gasteiger partial charge in [0.15, 0.2) is 0 Å². The molecular weight excluding hydrogens is 579 g/mol. The molecule has 0 unspecified atom stereocenters. The number of hydrogen-bond donors (Lipinski definition) is 0. The first-order valence-corrected chi connectivity index (χ1v) is 15.1. The zero-order valence-electron chi connectivity index (χ0n) is 24.3. The minimum atomic E-state index is -4.67. The molecule has 0 bridgehead atoms. The van der Waals surface area contributed by atoms with Crippen LogP contribution in [-0.2, 0) is 13.1 Å². The largest absolute Gasteiger partial charge is 0.573 e. The van der Waals surface area contributed by atoms with Crippen LogP contribution in [0.4, 0.5) is 24.7 Å². The van der Waals surface area contributed by atoms with E-state index in [0.29, 0.717) is 31.4 Å². The molecule has 13 heteroatoms. The summed E-state index contributed by atoms with van der Waals surface area (Å²) in [4.78, 5) is 19.2. The first kappa shape index (κ1) is 30.0. The maximum absolute atomic E-state index is 12.4. The highest BCUT2D eigenvalue weighted by Gasteiger charge is 2.32. The van der Waals surface area contributed by atoms with E-state index in [4.69, 9.17) is 9.47 Å². The number of aromatic nitrogens is 2. The average molecular weight is 616 g/mol. The van der Waals surface area contributed by atoms with Gasteiger partial charge >= 0.3 is 18.2 Å². The average Bonchev–Trinajstić information content (AvgIpc) is 3.45. The van der Waals surface area contributed by atoms with E-state index in [2.05, 4.69) is 31.7 Å². The third-order valence-electron chi connectivity index (χ3n) is 8.92. The fourth-order valence-corrected chi connectivity index (χ4v) is 6.54. The van der Waals surface area contributed by atoms with Gasteiger partial charge in [-0.15, -0.1) is 13.2 Å². The molecule has 3 aliphatic rings. The van der Waals surface area contributed by atoms with Crippen molar-refractivity contribution in [2.24, 2.45) is 11.8 Å². The monoisotopic (exact) mass is 615 g/mol. The summed E-state index contributed by atoms with van der Waals surface area (Å²) in [5, 5.41) is 11.0. The summed E-state index contributed by atoms with van der Waals surface area (Å²) >= 11 is 0. The molecule has 236 valence electrons. The van der Waals surface area contributed by atoms with Gasteiger partial charge in [0, 0.05) is 43.3 Å². The van der Waals surface area contributed by atoms with Crippen molar-refractivity contribution in [3.8, 4) is 17.5 Å². The van der Waals surface area contributed by atoms with Gasteiger partial charge in [0.2, 0.25) is 0 Å². The molecule has 0 radical (unpaired) electrons. The maximum atomic E-state index is 12.4. The Morgan fingerprint density at radius 1 is 0.886 bits per heavy atom. The van der Waals surface area contributed by atoms with Gasteiger partial charge in [0.05, 0.1) is 0 Å². The molecule has 10 nitrogen and oxygen atoms in total. The van der Waals surface area contributed by atoms with Crippen LogP contribution in [0.3, 0.4) is 0 Å². The number of ether oxygens (including phenoxy) is 3. The van der Waals surface area contributed by atoms with Gasteiger partial charge in [0.1, 0.15) is 30.4 Å². The van der Waals surface area contributed by atoms with Crippen LogP contribution < -0.4 is 19.1 Å². The number of halogens is 3. The number of nitrogens with zero attached hydrogens (tertiary/aromatic N) is 5. The van der Waals surface area contributed by atoms with Crippen molar-refractivity contribution in [3.63, 3.8) is 0 Å². The van der Waals surface area contributed by atoms with E-state index in [1.54, 1.807) is 16.7 Å². The number of nitro groups is 1. The van der Waals surface area contributed by atoms with E-state index < -0.39 is 11.3 Å². The molecule has 1 aromatic heterocycles. The summed E-state index contributed by atoms with van der Waals surface area (Å²) in [7, 11) is 0. The molecule has 2 aromatic carbocycles. The fraction of sp³-hybridized carbons (Fsp3) is 0.516. The van der Waals surface area contributed by atoms with Crippen LogP contribution in [-0.4, -0.2) is 64.6 Å². The first-order chi connectivity index (χ1) is 21.2. The van der Waals surface area contributed by atoms with Gasteiger partial charge in [-0.2, -0.15) is 0 Å². The highest BCUT2D eigenvalue weighted by atomic mass is 19.4. The lowest BCUT2D eigenvalue weighted by molar-refractivity contribution is -0.389. The van der Waals surface area contributed by atoms with Crippen molar-refractivity contribution in [2.75, 3.05) is 37.7 Å². The number of alkyl halides is 3. The Labute approximate surface area is 253 Å². The number of fused-ring (bicyclic) bond motifs is 1. The summed E-state index contributed by atoms with van der Waals surface area (Å²) in [5.41, 5.74) is 2.17. The van der Waals surface area contributed by atoms with Gasteiger partial charge in [0.25, 0.3) is 0 Å². The van der Waals surface area contributed by atoms with E-state index in [1.165, 1.54) is 24.0 Å². The van der Waals surface area contributed by atoms with Crippen LogP contribution >= 0.6 is 0 Å². The molecule has 2 fully saturated rings. The Balaban J connectivity index is 0.904. The number of anilines is 1. The number of rotatable bonds is 9. The Kier molecular flexibility index (Phi) is 8.83. The van der Waals surface area contributed by atoms with E-state index in [1.807, 2.05) is 12.1 Å². The standard InChI is InChI=1S/C31H36F3N5O5/c32-31(33,34)44-27-5-1-22(2-6-27)19-36-14-9-23(10-15-36)24-11-16-37(17-12-24)25-3-7-26(8-4-25)42-21-28-13-18-38-20-29(39(40)41)35-30(38)43-28/h1-8,20,23-24,28H,9-19,21H2/t28-/m1/s1. The molecule has 0 N–H and O–H groups in total. The lowest BCUT2D eigenvalue weighted by atomic mass is 9.78. The normalized spacial score (nSPS) is 20.2. The Morgan fingerprint density at radius 3 is 2.16 bits per heavy atom. The number of piperidine rings is 2. The highest BCUT2D eigenvalue weighted by molar-refractivity contribution is 5.49. The van der Waals surface area contributed by atoms with Crippen molar-refractivity contribution in [1.29, 1.82) is 0 Å². The molecule has 3 aromatic rings. The quantitative estimate of drug-likeness (QED) is 0.212. The van der Waals surface area contributed by atoms with Gasteiger partial charge in [-0.1, -0.05) is 12.1 Å². The zero-order chi connectivity index (χ0) is 30.7. The Hall–Kier alpha value is -4.00. The van der Waals surface area contributed by atoms with Gasteiger partial charge in [-0.05, 0) is 97.5 Å². The van der Waals surface area contributed by atoms with Crippen LogP contribution in [0.15, 0.2) is 54.7 Å². The molecule has 0 spiro atoms. The van der Waals surface area contributed by atoms with Gasteiger partial charge < -0.3 is 29.2 Å². The third-order valence-corrected chi connectivity index (χ3v) is 8.92. The van der Waals surface area contributed by atoms with E-state index in [0.717, 1.165) is 69.7 Å². The van der Waals surface area contributed by atoms with Crippen molar-refractivity contribution >= 4 is 11.5 Å². The molecular formula is C31H36F3N5O5. The maximum Gasteiger partial charge on any atom is 0.573 e. The second kappa shape index (κ2) is 12.9. The summed E-state index contributed by atoms with van der Waals surface area (Å²) in [6, 6.07) is 14.6. The van der Waals surface area contributed by atoms with Crippen LogP contribution in [0.2, 0.25) is 0 Å². The van der Waals surface area contributed by atoms with Crippen molar-refractivity contribution in [1.82, 2.24) is 14.5 Å². The lowest BCUT2D eigenvalue weighted by Crippen LogP contribution is -2.40. The van der Waals surface area contributed by atoms with Gasteiger partial charge in [-0.25, -0.2) is 0 Å². The minimum Gasteiger partial charge on any atom is -0.490 e. The van der Waals surface area contributed by atoms with Crippen LogP contribution in [0.25, 0.3) is 0 Å². The predicted molar refractivity (Wildman–Crippen MR) is 156 cm³/mol. The van der Waals surface area contributed by atoms with Crippen LogP contribution in [0, 0.1) is 22.0 Å². The van der Waals surface area contributed by atoms with Crippen LogP contribution in [0.5, 0.6) is 17.5 Å². The predicted octanol–water partition coefficient (Wildman–Crippen LogP) is 6.05.